The van der Waals surface area contributed by atoms with Crippen molar-refractivity contribution in [3.63, 3.8) is 0 Å². The van der Waals surface area contributed by atoms with Gasteiger partial charge in [-0.05, 0) is 27.2 Å². The number of alkyl carbamates (subject to hydrolysis) is 1. The lowest BCUT2D eigenvalue weighted by molar-refractivity contribution is -0.113. The molecular formula is C17H29N3O3. The van der Waals surface area contributed by atoms with E-state index in [4.69, 9.17) is 9.47 Å². The van der Waals surface area contributed by atoms with E-state index < -0.39 is 5.60 Å². The van der Waals surface area contributed by atoms with Gasteiger partial charge in [0.05, 0.1) is 12.4 Å². The molecule has 1 heterocycles. The van der Waals surface area contributed by atoms with Gasteiger partial charge in [0.15, 0.2) is 0 Å². The summed E-state index contributed by atoms with van der Waals surface area (Å²) in [7, 11) is 1.77. The Morgan fingerprint density at radius 3 is 2.74 bits per heavy atom. The molecule has 1 aliphatic carbocycles. The molecule has 6 nitrogen and oxygen atoms in total. The Balaban J connectivity index is 1.89. The van der Waals surface area contributed by atoms with Gasteiger partial charge in [0, 0.05) is 43.4 Å². The number of carbonyl (C=O) groups is 1. The smallest absolute Gasteiger partial charge is 0.407 e. The van der Waals surface area contributed by atoms with Crippen molar-refractivity contribution in [3.8, 4) is 0 Å². The lowest BCUT2D eigenvalue weighted by Crippen LogP contribution is -2.51. The van der Waals surface area contributed by atoms with Crippen LogP contribution < -0.4 is 5.32 Å². The first-order chi connectivity index (χ1) is 10.6. The third-order valence-electron chi connectivity index (χ3n) is 4.54. The van der Waals surface area contributed by atoms with Crippen molar-refractivity contribution in [3.05, 3.63) is 18.2 Å². The summed E-state index contributed by atoms with van der Waals surface area (Å²) in [6, 6.07) is 0.381. The summed E-state index contributed by atoms with van der Waals surface area (Å²) in [5.41, 5.74) is 0.730. The van der Waals surface area contributed by atoms with Crippen LogP contribution in [0.2, 0.25) is 0 Å². The second-order valence-corrected chi connectivity index (χ2v) is 7.77. The highest BCUT2D eigenvalue weighted by molar-refractivity contribution is 5.67. The summed E-state index contributed by atoms with van der Waals surface area (Å²) in [4.78, 5) is 16.0. The maximum Gasteiger partial charge on any atom is 0.407 e. The van der Waals surface area contributed by atoms with Gasteiger partial charge in [-0.15, -0.1) is 0 Å². The molecule has 0 bridgehead atoms. The fourth-order valence-corrected chi connectivity index (χ4v) is 3.15. The topological polar surface area (TPSA) is 65.4 Å². The van der Waals surface area contributed by atoms with Gasteiger partial charge in [-0.3, -0.25) is 0 Å². The molecule has 1 aliphatic rings. The van der Waals surface area contributed by atoms with Crippen molar-refractivity contribution < 1.29 is 14.3 Å². The van der Waals surface area contributed by atoms with Crippen LogP contribution in [0.1, 0.15) is 52.8 Å². The molecule has 1 saturated carbocycles. The molecule has 6 heteroatoms. The van der Waals surface area contributed by atoms with E-state index in [0.717, 1.165) is 18.5 Å². The van der Waals surface area contributed by atoms with Crippen molar-refractivity contribution in [1.29, 1.82) is 0 Å². The minimum atomic E-state index is -0.475. The number of carbonyl (C=O) groups excluding carboxylic acids is 1. The molecule has 0 spiro atoms. The molecule has 0 radical (unpaired) electrons. The predicted octanol–water partition coefficient (Wildman–Crippen LogP) is 2.94. The van der Waals surface area contributed by atoms with E-state index in [2.05, 4.69) is 28.7 Å². The minimum Gasteiger partial charge on any atom is -0.444 e. The van der Waals surface area contributed by atoms with E-state index >= 15 is 0 Å². The molecule has 23 heavy (non-hydrogen) atoms. The van der Waals surface area contributed by atoms with Gasteiger partial charge in [-0.1, -0.05) is 13.8 Å². The standard InChI is InChI=1S/C17H29N3O3/c1-16(2,3)23-15(21)19-8-7-12-10-18-11-20(12)13-9-14(22-6)17(13,4)5/h10-11,13-14H,7-9H2,1-6H3,(H,19,21). The Morgan fingerprint density at radius 2 is 2.17 bits per heavy atom. The highest BCUT2D eigenvalue weighted by Crippen LogP contribution is 2.51. The number of hydrogen-bond acceptors (Lipinski definition) is 4. The van der Waals surface area contributed by atoms with E-state index in [1.807, 2.05) is 33.3 Å². The van der Waals surface area contributed by atoms with Crippen molar-refractivity contribution in [1.82, 2.24) is 14.9 Å². The largest absolute Gasteiger partial charge is 0.444 e. The molecule has 0 saturated heterocycles. The number of rotatable bonds is 5. The third kappa shape index (κ3) is 4.05. The summed E-state index contributed by atoms with van der Waals surface area (Å²) >= 11 is 0. The van der Waals surface area contributed by atoms with Gasteiger partial charge >= 0.3 is 6.09 Å². The normalized spacial score (nSPS) is 23.2. The number of aromatic nitrogens is 2. The molecule has 2 unspecified atom stereocenters. The van der Waals surface area contributed by atoms with Crippen LogP contribution in [-0.2, 0) is 15.9 Å². The lowest BCUT2D eigenvalue weighted by Gasteiger charge is -2.52. The summed E-state index contributed by atoms with van der Waals surface area (Å²) < 4.78 is 13.0. The van der Waals surface area contributed by atoms with Crippen LogP contribution in [0.5, 0.6) is 0 Å². The van der Waals surface area contributed by atoms with Crippen LogP contribution in [0.25, 0.3) is 0 Å². The van der Waals surface area contributed by atoms with Gasteiger partial charge in [0.2, 0.25) is 0 Å². The highest BCUT2D eigenvalue weighted by atomic mass is 16.6. The van der Waals surface area contributed by atoms with E-state index in [9.17, 15) is 4.79 Å². The summed E-state index contributed by atoms with van der Waals surface area (Å²) in [5.74, 6) is 0. The van der Waals surface area contributed by atoms with Crippen LogP contribution >= 0.6 is 0 Å². The molecule has 0 aromatic carbocycles. The number of methoxy groups -OCH3 is 1. The molecule has 1 amide bonds. The first-order valence-corrected chi connectivity index (χ1v) is 8.15. The zero-order valence-corrected chi connectivity index (χ0v) is 15.0. The third-order valence-corrected chi connectivity index (χ3v) is 4.54. The Morgan fingerprint density at radius 1 is 1.48 bits per heavy atom. The molecule has 1 aromatic heterocycles. The second-order valence-electron chi connectivity index (χ2n) is 7.77. The molecular weight excluding hydrogens is 294 g/mol. The van der Waals surface area contributed by atoms with Gasteiger partial charge in [-0.2, -0.15) is 0 Å². The predicted molar refractivity (Wildman–Crippen MR) is 88.4 cm³/mol. The van der Waals surface area contributed by atoms with Crippen molar-refractivity contribution in [2.45, 2.75) is 65.2 Å². The Hall–Kier alpha value is -1.56. The number of amides is 1. The Labute approximate surface area is 138 Å². The second kappa shape index (κ2) is 6.51. The Bertz CT molecular complexity index is 546. The molecule has 2 rings (SSSR count). The quantitative estimate of drug-likeness (QED) is 0.905. The van der Waals surface area contributed by atoms with Crippen LogP contribution in [0.3, 0.4) is 0 Å². The minimum absolute atomic E-state index is 0.0861. The summed E-state index contributed by atoms with van der Waals surface area (Å²) in [6.45, 7) is 10.5. The molecule has 1 N–H and O–H groups in total. The van der Waals surface area contributed by atoms with Gasteiger partial charge < -0.3 is 19.4 Å². The SMILES string of the molecule is COC1CC(n2cncc2CCNC(=O)OC(C)(C)C)C1(C)C. The van der Waals surface area contributed by atoms with Crippen molar-refractivity contribution >= 4 is 6.09 Å². The first-order valence-electron chi connectivity index (χ1n) is 8.15. The average molecular weight is 323 g/mol. The number of imidazole rings is 1. The Kier molecular flexibility index (Phi) is 5.04. The van der Waals surface area contributed by atoms with E-state index in [1.54, 1.807) is 7.11 Å². The molecule has 2 atom stereocenters. The monoisotopic (exact) mass is 323 g/mol. The number of nitrogens with one attached hydrogen (secondary N) is 1. The van der Waals surface area contributed by atoms with Crippen LogP contribution in [-0.4, -0.2) is 41.0 Å². The fourth-order valence-electron chi connectivity index (χ4n) is 3.15. The number of hydrogen-bond donors (Lipinski definition) is 1. The van der Waals surface area contributed by atoms with Gasteiger partial charge in [0.25, 0.3) is 0 Å². The maximum absolute atomic E-state index is 11.7. The van der Waals surface area contributed by atoms with Crippen LogP contribution in [0, 0.1) is 5.41 Å². The first kappa shape index (κ1) is 17.8. The molecule has 1 fully saturated rings. The van der Waals surface area contributed by atoms with E-state index in [-0.39, 0.29) is 17.6 Å². The van der Waals surface area contributed by atoms with E-state index in [1.165, 1.54) is 0 Å². The lowest BCUT2D eigenvalue weighted by atomic mass is 9.64. The zero-order chi connectivity index (χ0) is 17.3. The number of nitrogens with zero attached hydrogens (tertiary/aromatic N) is 2. The molecule has 0 aliphatic heterocycles. The highest BCUT2D eigenvalue weighted by Gasteiger charge is 2.49. The molecule has 1 aromatic rings. The van der Waals surface area contributed by atoms with E-state index in [0.29, 0.717) is 12.6 Å². The van der Waals surface area contributed by atoms with Crippen LogP contribution in [0.4, 0.5) is 4.79 Å². The van der Waals surface area contributed by atoms with Crippen LogP contribution in [0.15, 0.2) is 12.5 Å². The van der Waals surface area contributed by atoms with Crippen molar-refractivity contribution in [2.24, 2.45) is 5.41 Å². The van der Waals surface area contributed by atoms with Gasteiger partial charge in [0.1, 0.15) is 5.60 Å². The summed E-state index contributed by atoms with van der Waals surface area (Å²) in [6.07, 6.45) is 5.36. The molecule has 130 valence electrons. The van der Waals surface area contributed by atoms with Gasteiger partial charge in [-0.25, -0.2) is 9.78 Å². The summed E-state index contributed by atoms with van der Waals surface area (Å²) in [5, 5.41) is 2.79. The fraction of sp³-hybridized carbons (Fsp3) is 0.765. The average Bonchev–Trinajstić information content (AvgIpc) is 2.84. The maximum atomic E-state index is 11.7. The zero-order valence-electron chi connectivity index (χ0n) is 15.0. The van der Waals surface area contributed by atoms with Crippen molar-refractivity contribution in [2.75, 3.05) is 13.7 Å². The number of ether oxygens (including phenoxy) is 2.